The van der Waals surface area contributed by atoms with Gasteiger partial charge in [0.15, 0.2) is 0 Å². The maximum absolute atomic E-state index is 12.9. The number of nitrogens with zero attached hydrogens (tertiary/aromatic N) is 2. The van der Waals surface area contributed by atoms with Crippen molar-refractivity contribution in [2.24, 2.45) is 0 Å². The fraction of sp³-hybridized carbons (Fsp3) is 0.333. The highest BCUT2D eigenvalue weighted by molar-refractivity contribution is 5.94. The molecule has 0 aromatic heterocycles. The molecule has 1 unspecified atom stereocenters. The molecule has 0 spiro atoms. The summed E-state index contributed by atoms with van der Waals surface area (Å²) in [7, 11) is 0. The zero-order valence-electron chi connectivity index (χ0n) is 14.9. The first-order chi connectivity index (χ1) is 12.7. The van der Waals surface area contributed by atoms with Gasteiger partial charge in [0.1, 0.15) is 12.4 Å². The molecule has 0 N–H and O–H groups in total. The van der Waals surface area contributed by atoms with Crippen LogP contribution < -0.4 is 4.74 Å². The van der Waals surface area contributed by atoms with Crippen LogP contribution in [0.5, 0.6) is 5.75 Å². The quantitative estimate of drug-likeness (QED) is 0.848. The van der Waals surface area contributed by atoms with Gasteiger partial charge in [-0.3, -0.25) is 4.79 Å². The summed E-state index contributed by atoms with van der Waals surface area (Å²) in [5, 5.41) is 8.95. The van der Waals surface area contributed by atoms with Crippen LogP contribution >= 0.6 is 0 Å². The van der Waals surface area contributed by atoms with Gasteiger partial charge in [0.25, 0.3) is 5.91 Å². The number of hydrogen-bond donors (Lipinski definition) is 0. The molecular formula is C21H22N2O3. The van der Waals surface area contributed by atoms with Crippen molar-refractivity contribution >= 4 is 5.91 Å². The smallest absolute Gasteiger partial charge is 0.254 e. The molecule has 5 heteroatoms. The normalized spacial score (nSPS) is 17.2. The minimum absolute atomic E-state index is 0.0244. The molecule has 2 aromatic rings. The number of nitriles is 1. The molecule has 1 atom stereocenters. The highest BCUT2D eigenvalue weighted by Gasteiger charge is 2.23. The van der Waals surface area contributed by atoms with Crippen LogP contribution in [0.2, 0.25) is 0 Å². The molecule has 0 radical (unpaired) electrons. The van der Waals surface area contributed by atoms with Gasteiger partial charge >= 0.3 is 0 Å². The van der Waals surface area contributed by atoms with Crippen LogP contribution in [0.4, 0.5) is 0 Å². The van der Waals surface area contributed by atoms with Crippen LogP contribution in [0.15, 0.2) is 48.5 Å². The third kappa shape index (κ3) is 4.41. The zero-order chi connectivity index (χ0) is 18.4. The highest BCUT2D eigenvalue weighted by atomic mass is 16.5. The van der Waals surface area contributed by atoms with Crippen LogP contribution in [-0.4, -0.2) is 36.6 Å². The largest absolute Gasteiger partial charge is 0.489 e. The Labute approximate surface area is 153 Å². The average Bonchev–Trinajstić information content (AvgIpc) is 2.90. The van der Waals surface area contributed by atoms with E-state index in [1.165, 1.54) is 0 Å². The molecule has 1 aliphatic heterocycles. The summed E-state index contributed by atoms with van der Waals surface area (Å²) < 4.78 is 11.2. The van der Waals surface area contributed by atoms with Gasteiger partial charge in [-0.2, -0.15) is 5.26 Å². The lowest BCUT2D eigenvalue weighted by Gasteiger charge is -2.26. The Morgan fingerprint density at radius 1 is 1.27 bits per heavy atom. The van der Waals surface area contributed by atoms with E-state index in [1.54, 1.807) is 18.2 Å². The minimum Gasteiger partial charge on any atom is -0.489 e. The van der Waals surface area contributed by atoms with E-state index in [0.29, 0.717) is 43.2 Å². The maximum atomic E-state index is 12.9. The number of carbonyl (C=O) groups excluding carboxylic acids is 1. The molecule has 1 heterocycles. The third-order valence-electron chi connectivity index (χ3n) is 4.49. The molecule has 1 saturated heterocycles. The van der Waals surface area contributed by atoms with Crippen LogP contribution in [0, 0.1) is 11.3 Å². The second kappa shape index (κ2) is 8.50. The van der Waals surface area contributed by atoms with Crippen molar-refractivity contribution in [3.05, 3.63) is 65.2 Å². The van der Waals surface area contributed by atoms with Gasteiger partial charge in [-0.05, 0) is 49.2 Å². The number of hydrogen-bond acceptors (Lipinski definition) is 4. The second-order valence-electron chi connectivity index (χ2n) is 6.38. The summed E-state index contributed by atoms with van der Waals surface area (Å²) in [6, 6.07) is 16.8. The second-order valence-corrected chi connectivity index (χ2v) is 6.38. The predicted molar refractivity (Wildman–Crippen MR) is 97.9 cm³/mol. The van der Waals surface area contributed by atoms with Crippen molar-refractivity contribution in [1.82, 2.24) is 4.90 Å². The van der Waals surface area contributed by atoms with Gasteiger partial charge in [0, 0.05) is 24.8 Å². The van der Waals surface area contributed by atoms with Crippen molar-refractivity contribution < 1.29 is 14.3 Å². The highest BCUT2D eigenvalue weighted by Crippen LogP contribution is 2.17. The lowest BCUT2D eigenvalue weighted by molar-refractivity contribution is 0.0687. The lowest BCUT2D eigenvalue weighted by atomic mass is 10.1. The number of rotatable bonds is 4. The van der Waals surface area contributed by atoms with Crippen LogP contribution in [-0.2, 0) is 11.3 Å². The van der Waals surface area contributed by atoms with E-state index in [2.05, 4.69) is 13.0 Å². The summed E-state index contributed by atoms with van der Waals surface area (Å²) in [4.78, 5) is 14.7. The molecule has 2 aromatic carbocycles. The molecule has 0 aliphatic carbocycles. The SMILES string of the molecule is CC1CCOCCN1C(=O)c1cccc(COc2cccc(C#N)c2)c1. The van der Waals surface area contributed by atoms with E-state index in [4.69, 9.17) is 14.7 Å². The minimum atomic E-state index is 0.0244. The first kappa shape index (κ1) is 18.0. The molecule has 0 bridgehead atoms. The van der Waals surface area contributed by atoms with Crippen molar-refractivity contribution in [1.29, 1.82) is 5.26 Å². The molecule has 3 rings (SSSR count). The van der Waals surface area contributed by atoms with Gasteiger partial charge in [-0.15, -0.1) is 0 Å². The molecule has 5 nitrogen and oxygen atoms in total. The van der Waals surface area contributed by atoms with E-state index in [9.17, 15) is 4.79 Å². The van der Waals surface area contributed by atoms with E-state index in [-0.39, 0.29) is 11.9 Å². The van der Waals surface area contributed by atoms with Crippen molar-refractivity contribution in [3.63, 3.8) is 0 Å². The van der Waals surface area contributed by atoms with E-state index in [0.717, 1.165) is 12.0 Å². The lowest BCUT2D eigenvalue weighted by Crippen LogP contribution is -2.39. The number of carbonyl (C=O) groups is 1. The Hall–Kier alpha value is -2.84. The van der Waals surface area contributed by atoms with Crippen LogP contribution in [0.3, 0.4) is 0 Å². The molecular weight excluding hydrogens is 328 g/mol. The van der Waals surface area contributed by atoms with E-state index in [1.807, 2.05) is 35.2 Å². The first-order valence-corrected chi connectivity index (χ1v) is 8.78. The fourth-order valence-corrected chi connectivity index (χ4v) is 2.98. The topological polar surface area (TPSA) is 62.6 Å². The van der Waals surface area contributed by atoms with E-state index >= 15 is 0 Å². The monoisotopic (exact) mass is 350 g/mol. The van der Waals surface area contributed by atoms with Crippen molar-refractivity contribution in [2.45, 2.75) is 26.0 Å². The molecule has 1 aliphatic rings. The molecule has 1 amide bonds. The Kier molecular flexibility index (Phi) is 5.88. The summed E-state index contributed by atoms with van der Waals surface area (Å²) in [5.41, 5.74) is 2.13. The molecule has 134 valence electrons. The Morgan fingerprint density at radius 2 is 2.12 bits per heavy atom. The van der Waals surface area contributed by atoms with Crippen molar-refractivity contribution in [2.75, 3.05) is 19.8 Å². The average molecular weight is 350 g/mol. The van der Waals surface area contributed by atoms with Gasteiger partial charge in [-0.25, -0.2) is 0 Å². The van der Waals surface area contributed by atoms with Crippen LogP contribution in [0.25, 0.3) is 0 Å². The van der Waals surface area contributed by atoms with Gasteiger partial charge in [0.05, 0.1) is 18.2 Å². The zero-order valence-corrected chi connectivity index (χ0v) is 14.9. The standard InChI is InChI=1S/C21H22N2O3/c1-16-8-10-25-11-9-23(16)21(24)19-6-2-5-18(12-19)15-26-20-7-3-4-17(13-20)14-22/h2-7,12-13,16H,8-11,15H2,1H3. The van der Waals surface area contributed by atoms with Crippen LogP contribution in [0.1, 0.15) is 34.8 Å². The Bertz CT molecular complexity index is 813. The third-order valence-corrected chi connectivity index (χ3v) is 4.49. The van der Waals surface area contributed by atoms with Gasteiger partial charge < -0.3 is 14.4 Å². The van der Waals surface area contributed by atoms with Gasteiger partial charge in [-0.1, -0.05) is 18.2 Å². The number of amides is 1. The molecule has 1 fully saturated rings. The molecule has 26 heavy (non-hydrogen) atoms. The predicted octanol–water partition coefficient (Wildman–Crippen LogP) is 3.39. The fourth-order valence-electron chi connectivity index (χ4n) is 2.98. The molecule has 0 saturated carbocycles. The number of ether oxygens (including phenoxy) is 2. The Balaban J connectivity index is 1.69. The summed E-state index contributed by atoms with van der Waals surface area (Å²) in [6.07, 6.45) is 0.851. The van der Waals surface area contributed by atoms with E-state index < -0.39 is 0 Å². The summed E-state index contributed by atoms with van der Waals surface area (Å²) in [6.45, 7) is 4.28. The van der Waals surface area contributed by atoms with Gasteiger partial charge in [0.2, 0.25) is 0 Å². The maximum Gasteiger partial charge on any atom is 0.254 e. The Morgan fingerprint density at radius 3 is 2.96 bits per heavy atom. The first-order valence-electron chi connectivity index (χ1n) is 8.78. The number of benzene rings is 2. The summed E-state index contributed by atoms with van der Waals surface area (Å²) >= 11 is 0. The summed E-state index contributed by atoms with van der Waals surface area (Å²) in [5.74, 6) is 0.662. The van der Waals surface area contributed by atoms with Crippen molar-refractivity contribution in [3.8, 4) is 11.8 Å².